The fourth-order valence-electron chi connectivity index (χ4n) is 2.75. The van der Waals surface area contributed by atoms with Crippen LogP contribution in [-0.4, -0.2) is 17.9 Å². The fraction of sp³-hybridized carbons (Fsp3) is 0.294. The van der Waals surface area contributed by atoms with Gasteiger partial charge < -0.3 is 10.2 Å². The van der Waals surface area contributed by atoms with Crippen molar-refractivity contribution >= 4 is 11.6 Å². The molecule has 3 rings (SSSR count). The second kappa shape index (κ2) is 5.66. The van der Waals surface area contributed by atoms with Gasteiger partial charge in [0.15, 0.2) is 0 Å². The Morgan fingerprint density at radius 1 is 1.24 bits per heavy atom. The maximum atomic E-state index is 12.1. The van der Waals surface area contributed by atoms with Crippen LogP contribution in [0.3, 0.4) is 0 Å². The van der Waals surface area contributed by atoms with Gasteiger partial charge in [-0.2, -0.15) is 0 Å². The summed E-state index contributed by atoms with van der Waals surface area (Å²) in [4.78, 5) is 18.3. The summed E-state index contributed by atoms with van der Waals surface area (Å²) >= 11 is 0. The number of carbonyl (C=O) groups excluding carboxylic acids is 1. The van der Waals surface area contributed by atoms with Gasteiger partial charge in [0.2, 0.25) is 5.91 Å². The number of rotatable bonds is 3. The molecule has 21 heavy (non-hydrogen) atoms. The Kier molecular flexibility index (Phi) is 3.71. The fourth-order valence-corrected chi connectivity index (χ4v) is 2.75. The third kappa shape index (κ3) is 2.81. The lowest BCUT2D eigenvalue weighted by atomic mass is 9.96. The van der Waals surface area contributed by atoms with Crippen molar-refractivity contribution in [1.29, 1.82) is 0 Å². The number of para-hydroxylation sites is 1. The average molecular weight is 281 g/mol. The molecule has 1 unspecified atom stereocenters. The zero-order valence-electron chi connectivity index (χ0n) is 12.3. The van der Waals surface area contributed by atoms with E-state index in [0.717, 1.165) is 17.1 Å². The normalized spacial score (nSPS) is 17.7. The first-order valence-corrected chi connectivity index (χ1v) is 7.16. The van der Waals surface area contributed by atoms with E-state index in [2.05, 4.69) is 16.4 Å². The predicted octanol–water partition coefficient (Wildman–Crippen LogP) is 2.59. The highest BCUT2D eigenvalue weighted by Gasteiger charge is 2.28. The van der Waals surface area contributed by atoms with Crippen LogP contribution in [0.15, 0.2) is 42.5 Å². The molecule has 108 valence electrons. The molecule has 0 spiro atoms. The summed E-state index contributed by atoms with van der Waals surface area (Å²) in [6.07, 6.45) is 0.485. The van der Waals surface area contributed by atoms with Crippen LogP contribution in [0.1, 0.15) is 29.4 Å². The lowest BCUT2D eigenvalue weighted by Gasteiger charge is -2.32. The van der Waals surface area contributed by atoms with Crippen LogP contribution in [0, 0.1) is 6.92 Å². The quantitative estimate of drug-likeness (QED) is 0.940. The molecule has 1 aromatic heterocycles. The number of aryl methyl sites for hydroxylation is 1. The van der Waals surface area contributed by atoms with E-state index in [4.69, 9.17) is 0 Å². The van der Waals surface area contributed by atoms with Gasteiger partial charge in [-0.05, 0) is 30.7 Å². The van der Waals surface area contributed by atoms with E-state index in [9.17, 15) is 4.79 Å². The van der Waals surface area contributed by atoms with Gasteiger partial charge in [-0.1, -0.05) is 24.3 Å². The van der Waals surface area contributed by atoms with Gasteiger partial charge in [-0.25, -0.2) is 0 Å². The largest absolute Gasteiger partial charge is 0.315 e. The molecule has 1 N–H and O–H groups in total. The molecule has 1 aliphatic heterocycles. The number of fused-ring (bicyclic) bond motifs is 1. The van der Waals surface area contributed by atoms with Gasteiger partial charge in [0.05, 0.1) is 5.69 Å². The number of nitrogens with one attached hydrogen (secondary N) is 1. The van der Waals surface area contributed by atoms with Crippen LogP contribution in [0.4, 0.5) is 5.69 Å². The average Bonchev–Trinajstić information content (AvgIpc) is 2.50. The molecule has 0 radical (unpaired) electrons. The second-order valence-electron chi connectivity index (χ2n) is 5.42. The molecule has 0 aliphatic carbocycles. The standard InChI is InChI=1S/C17H19N3O/c1-12-6-5-7-13(19-12)11-18-15-10-17(21)20(2)16-9-4-3-8-14(15)16/h3-9,15,18H,10-11H2,1-2H3. The number of amides is 1. The number of hydrogen-bond donors (Lipinski definition) is 1. The van der Waals surface area contributed by atoms with Crippen molar-refractivity contribution in [2.24, 2.45) is 0 Å². The number of benzene rings is 1. The Morgan fingerprint density at radius 2 is 2.05 bits per heavy atom. The summed E-state index contributed by atoms with van der Waals surface area (Å²) in [6.45, 7) is 2.65. The molecule has 0 fully saturated rings. The molecule has 1 amide bonds. The van der Waals surface area contributed by atoms with Crippen molar-refractivity contribution in [2.75, 3.05) is 11.9 Å². The number of aromatic nitrogens is 1. The van der Waals surface area contributed by atoms with E-state index in [-0.39, 0.29) is 11.9 Å². The zero-order valence-corrected chi connectivity index (χ0v) is 12.3. The minimum atomic E-state index is 0.0483. The van der Waals surface area contributed by atoms with Gasteiger partial charge in [-0.15, -0.1) is 0 Å². The maximum Gasteiger partial charge on any atom is 0.228 e. The molecular weight excluding hydrogens is 262 g/mol. The van der Waals surface area contributed by atoms with Crippen molar-refractivity contribution in [2.45, 2.75) is 25.9 Å². The Hall–Kier alpha value is -2.20. The van der Waals surface area contributed by atoms with Gasteiger partial charge in [0.25, 0.3) is 0 Å². The highest BCUT2D eigenvalue weighted by Crippen LogP contribution is 2.33. The van der Waals surface area contributed by atoms with Crippen molar-refractivity contribution < 1.29 is 4.79 Å². The lowest BCUT2D eigenvalue weighted by molar-refractivity contribution is -0.119. The molecule has 2 aromatic rings. The first-order valence-electron chi connectivity index (χ1n) is 7.16. The van der Waals surface area contributed by atoms with E-state index < -0.39 is 0 Å². The minimum absolute atomic E-state index is 0.0483. The van der Waals surface area contributed by atoms with Gasteiger partial charge in [0.1, 0.15) is 0 Å². The first-order chi connectivity index (χ1) is 10.1. The summed E-state index contributed by atoms with van der Waals surface area (Å²) in [7, 11) is 1.83. The van der Waals surface area contributed by atoms with Crippen molar-refractivity contribution in [3.8, 4) is 0 Å². The summed E-state index contributed by atoms with van der Waals surface area (Å²) < 4.78 is 0. The SMILES string of the molecule is Cc1cccc(CNC2CC(=O)N(C)c3ccccc32)n1. The van der Waals surface area contributed by atoms with Crippen LogP contribution in [-0.2, 0) is 11.3 Å². The van der Waals surface area contributed by atoms with Crippen LogP contribution in [0.2, 0.25) is 0 Å². The molecule has 0 bridgehead atoms. The smallest absolute Gasteiger partial charge is 0.228 e. The number of anilines is 1. The van der Waals surface area contributed by atoms with Gasteiger partial charge >= 0.3 is 0 Å². The third-order valence-electron chi connectivity index (χ3n) is 3.90. The third-order valence-corrected chi connectivity index (χ3v) is 3.90. The minimum Gasteiger partial charge on any atom is -0.315 e. The van der Waals surface area contributed by atoms with Crippen molar-refractivity contribution in [3.63, 3.8) is 0 Å². The Morgan fingerprint density at radius 3 is 2.86 bits per heavy atom. The molecule has 2 heterocycles. The zero-order chi connectivity index (χ0) is 14.8. The number of hydrogen-bond acceptors (Lipinski definition) is 3. The van der Waals surface area contributed by atoms with Crippen LogP contribution >= 0.6 is 0 Å². The van der Waals surface area contributed by atoms with E-state index in [1.54, 1.807) is 4.90 Å². The maximum absolute atomic E-state index is 12.1. The van der Waals surface area contributed by atoms with E-state index in [0.29, 0.717) is 13.0 Å². The van der Waals surface area contributed by atoms with E-state index in [1.165, 1.54) is 5.56 Å². The Labute approximate surface area is 124 Å². The van der Waals surface area contributed by atoms with Gasteiger partial charge in [-0.3, -0.25) is 9.78 Å². The molecule has 1 aromatic carbocycles. The number of carbonyl (C=O) groups is 1. The van der Waals surface area contributed by atoms with E-state index in [1.807, 2.05) is 50.4 Å². The van der Waals surface area contributed by atoms with Crippen LogP contribution in [0.25, 0.3) is 0 Å². The van der Waals surface area contributed by atoms with Crippen LogP contribution < -0.4 is 10.2 Å². The van der Waals surface area contributed by atoms with Crippen molar-refractivity contribution in [3.05, 3.63) is 59.4 Å². The summed E-state index contributed by atoms with van der Waals surface area (Å²) in [5.41, 5.74) is 4.17. The number of pyridine rings is 1. The second-order valence-corrected chi connectivity index (χ2v) is 5.42. The molecule has 0 saturated carbocycles. The summed E-state index contributed by atoms with van der Waals surface area (Å²) in [5.74, 6) is 0.142. The molecule has 1 atom stereocenters. The highest BCUT2D eigenvalue weighted by atomic mass is 16.2. The Balaban J connectivity index is 1.80. The Bertz CT molecular complexity index is 669. The lowest BCUT2D eigenvalue weighted by Crippen LogP contribution is -2.37. The van der Waals surface area contributed by atoms with Gasteiger partial charge in [0, 0.05) is 37.4 Å². The predicted molar refractivity (Wildman–Crippen MR) is 83.0 cm³/mol. The topological polar surface area (TPSA) is 45.2 Å². The molecule has 4 heteroatoms. The van der Waals surface area contributed by atoms with Crippen LogP contribution in [0.5, 0.6) is 0 Å². The number of nitrogens with zero attached hydrogens (tertiary/aromatic N) is 2. The first kappa shape index (κ1) is 13.8. The molecule has 1 aliphatic rings. The monoisotopic (exact) mass is 281 g/mol. The highest BCUT2D eigenvalue weighted by molar-refractivity contribution is 5.96. The molecule has 0 saturated heterocycles. The molecule has 4 nitrogen and oxygen atoms in total. The summed E-state index contributed by atoms with van der Waals surface area (Å²) in [6, 6.07) is 14.1. The van der Waals surface area contributed by atoms with E-state index >= 15 is 0 Å². The molecular formula is C17H19N3O. The summed E-state index contributed by atoms with van der Waals surface area (Å²) in [5, 5.41) is 3.46. The van der Waals surface area contributed by atoms with Crippen molar-refractivity contribution in [1.82, 2.24) is 10.3 Å².